The van der Waals surface area contributed by atoms with Crippen LogP contribution in [0.5, 0.6) is 0 Å². The summed E-state index contributed by atoms with van der Waals surface area (Å²) in [7, 11) is 0. The van der Waals surface area contributed by atoms with Gasteiger partial charge in [0.05, 0.1) is 0 Å². The van der Waals surface area contributed by atoms with E-state index in [4.69, 9.17) is 0 Å². The molecule has 0 saturated heterocycles. The Balaban J connectivity index is -0.0000000963. The zero-order valence-corrected chi connectivity index (χ0v) is 8.69. The molecule has 0 amide bonds. The quantitative estimate of drug-likeness (QED) is 0.441. The smallest absolute Gasteiger partial charge is 0.242 e. The molecule has 0 aliphatic carbocycles. The number of ether oxygens (including phenoxy) is 1. The summed E-state index contributed by atoms with van der Waals surface area (Å²) in [5.41, 5.74) is 0. The van der Waals surface area contributed by atoms with E-state index in [1.54, 1.807) is 0 Å². The highest BCUT2D eigenvalue weighted by Crippen LogP contribution is 2.53. The zero-order valence-electron chi connectivity index (χ0n) is 8.69. The lowest BCUT2D eigenvalue weighted by atomic mass is 9.99. The molecule has 0 aromatic carbocycles. The SMILES string of the molecule is C.C.C.C.C.C.CC(F)(F)C(F)(F)C(F)(OC(F)(F)F)C(C)(F)F. The highest BCUT2D eigenvalue weighted by Gasteiger charge is 2.79. The Morgan fingerprint density at radius 1 is 0.500 bits per heavy atom. The Bertz CT molecular complexity index is 303. The second-order valence-electron chi connectivity index (χ2n) is 3.49. The Hall–Kier alpha value is -0.740. The summed E-state index contributed by atoms with van der Waals surface area (Å²) in [6, 6.07) is 0. The van der Waals surface area contributed by atoms with Crippen molar-refractivity contribution in [2.24, 2.45) is 0 Å². The van der Waals surface area contributed by atoms with Crippen LogP contribution in [-0.4, -0.2) is 30.0 Å². The highest BCUT2D eigenvalue weighted by molar-refractivity contribution is 5.01. The zero-order chi connectivity index (χ0) is 15.2. The summed E-state index contributed by atoms with van der Waals surface area (Å²) in [6.45, 7) is -1.45. The van der Waals surface area contributed by atoms with E-state index in [1.807, 2.05) is 4.74 Å². The molecule has 0 heterocycles. The molecule has 0 aromatic heterocycles. The van der Waals surface area contributed by atoms with E-state index in [2.05, 4.69) is 0 Å². The van der Waals surface area contributed by atoms with E-state index in [-0.39, 0.29) is 44.6 Å². The fourth-order valence-electron chi connectivity index (χ4n) is 0.871. The molecule has 0 rings (SSSR count). The van der Waals surface area contributed by atoms with Gasteiger partial charge in [0.1, 0.15) is 0 Å². The molecule has 24 heavy (non-hydrogen) atoms. The van der Waals surface area contributed by atoms with Crippen molar-refractivity contribution < 1.29 is 48.6 Å². The van der Waals surface area contributed by atoms with E-state index in [9.17, 15) is 43.9 Å². The van der Waals surface area contributed by atoms with Crippen LogP contribution in [0.15, 0.2) is 0 Å². The maximum Gasteiger partial charge on any atom is 0.525 e. The van der Waals surface area contributed by atoms with Crippen molar-refractivity contribution >= 4 is 0 Å². The van der Waals surface area contributed by atoms with E-state index >= 15 is 0 Å². The van der Waals surface area contributed by atoms with Crippen LogP contribution in [0.25, 0.3) is 0 Å². The first-order valence-electron chi connectivity index (χ1n) is 4.05. The van der Waals surface area contributed by atoms with Gasteiger partial charge in [0.2, 0.25) is 0 Å². The Kier molecular flexibility index (Phi) is 20.0. The van der Waals surface area contributed by atoms with Gasteiger partial charge in [0, 0.05) is 13.8 Å². The fraction of sp³-hybridized carbons (Fsp3) is 1.00. The van der Waals surface area contributed by atoms with Crippen molar-refractivity contribution in [3.8, 4) is 0 Å². The third-order valence-electron chi connectivity index (χ3n) is 1.78. The summed E-state index contributed by atoms with van der Waals surface area (Å²) >= 11 is 0. The monoisotopic (exact) mass is 392 g/mol. The maximum atomic E-state index is 13.1. The molecule has 158 valence electrons. The predicted molar refractivity (Wildman–Crippen MR) is 77.6 cm³/mol. The molecule has 0 aliphatic rings. The topological polar surface area (TPSA) is 9.23 Å². The minimum atomic E-state index is -6.41. The molecule has 1 atom stereocenters. The van der Waals surface area contributed by atoms with Gasteiger partial charge in [0.15, 0.2) is 0 Å². The summed E-state index contributed by atoms with van der Waals surface area (Å²) < 4.78 is 125. The number of rotatable bonds is 4. The van der Waals surface area contributed by atoms with Gasteiger partial charge < -0.3 is 0 Å². The van der Waals surface area contributed by atoms with Crippen molar-refractivity contribution in [3.05, 3.63) is 0 Å². The van der Waals surface area contributed by atoms with Gasteiger partial charge in [-0.2, -0.15) is 22.0 Å². The average molecular weight is 392 g/mol. The van der Waals surface area contributed by atoms with Gasteiger partial charge >= 0.3 is 30.0 Å². The number of hydrogen-bond donors (Lipinski definition) is 0. The molecule has 1 nitrogen and oxygen atoms in total. The summed E-state index contributed by atoms with van der Waals surface area (Å²) in [4.78, 5) is 0. The van der Waals surface area contributed by atoms with Gasteiger partial charge in [-0.05, 0) is 0 Å². The average Bonchev–Trinajstić information content (AvgIpc) is 1.95. The second-order valence-corrected chi connectivity index (χ2v) is 3.49. The van der Waals surface area contributed by atoms with Crippen LogP contribution in [0, 0.1) is 0 Å². The molecule has 0 saturated carbocycles. The molecule has 0 bridgehead atoms. The third-order valence-corrected chi connectivity index (χ3v) is 1.78. The third kappa shape index (κ3) is 8.39. The van der Waals surface area contributed by atoms with Crippen LogP contribution < -0.4 is 0 Å². The second kappa shape index (κ2) is 11.0. The lowest BCUT2D eigenvalue weighted by molar-refractivity contribution is -0.482. The van der Waals surface area contributed by atoms with E-state index in [1.165, 1.54) is 0 Å². The van der Waals surface area contributed by atoms with Crippen LogP contribution >= 0.6 is 0 Å². The Morgan fingerprint density at radius 3 is 0.875 bits per heavy atom. The molecule has 0 spiro atoms. The summed E-state index contributed by atoms with van der Waals surface area (Å²) in [5, 5.41) is 0. The van der Waals surface area contributed by atoms with Crippen molar-refractivity contribution in [2.45, 2.75) is 88.4 Å². The molecular weight excluding hydrogens is 362 g/mol. The van der Waals surface area contributed by atoms with Crippen LogP contribution in [0.2, 0.25) is 0 Å². The molecule has 0 aliphatic heterocycles. The number of alkyl halides is 10. The first kappa shape index (κ1) is 43.6. The molecule has 0 aromatic rings. The van der Waals surface area contributed by atoms with Crippen LogP contribution in [0.3, 0.4) is 0 Å². The molecular formula is C13H30F10O. The molecule has 1 unspecified atom stereocenters. The van der Waals surface area contributed by atoms with E-state index in [0.29, 0.717) is 0 Å². The van der Waals surface area contributed by atoms with E-state index < -0.39 is 43.8 Å². The fourth-order valence-corrected chi connectivity index (χ4v) is 0.871. The standard InChI is InChI=1S/C7H6F10O.6CH4/c1-3(8,9)5(12,13)6(14,4(2,10)11)18-7(15,16)17;;;;;;/h1-2H3;6*1H4. The van der Waals surface area contributed by atoms with Crippen LogP contribution in [0.4, 0.5) is 43.9 Å². The minimum absolute atomic E-state index is 0. The Morgan fingerprint density at radius 2 is 0.750 bits per heavy atom. The molecule has 0 N–H and O–H groups in total. The van der Waals surface area contributed by atoms with Crippen LogP contribution in [-0.2, 0) is 4.74 Å². The predicted octanol–water partition coefficient (Wildman–Crippen LogP) is 7.95. The van der Waals surface area contributed by atoms with Crippen LogP contribution in [0.1, 0.15) is 58.4 Å². The van der Waals surface area contributed by atoms with Gasteiger partial charge in [0.25, 0.3) is 0 Å². The molecule has 0 fully saturated rings. The minimum Gasteiger partial charge on any atom is -0.242 e. The normalized spacial score (nSPS) is 14.0. The lowest BCUT2D eigenvalue weighted by Crippen LogP contribution is -2.65. The summed E-state index contributed by atoms with van der Waals surface area (Å²) in [5.74, 6) is -23.7. The van der Waals surface area contributed by atoms with Gasteiger partial charge in [-0.3, -0.25) is 0 Å². The maximum absolute atomic E-state index is 13.1. The Labute approximate surface area is 138 Å². The van der Waals surface area contributed by atoms with Crippen molar-refractivity contribution in [1.29, 1.82) is 0 Å². The summed E-state index contributed by atoms with van der Waals surface area (Å²) in [6.07, 6.45) is -6.30. The first-order valence-corrected chi connectivity index (χ1v) is 4.05. The molecule has 0 radical (unpaired) electrons. The van der Waals surface area contributed by atoms with Crippen molar-refractivity contribution in [3.63, 3.8) is 0 Å². The van der Waals surface area contributed by atoms with Crippen molar-refractivity contribution in [1.82, 2.24) is 0 Å². The van der Waals surface area contributed by atoms with Gasteiger partial charge in [-0.1, -0.05) is 44.6 Å². The van der Waals surface area contributed by atoms with E-state index in [0.717, 1.165) is 0 Å². The number of halogens is 10. The largest absolute Gasteiger partial charge is 0.525 e. The number of hydrogen-bond acceptors (Lipinski definition) is 1. The molecule has 11 heteroatoms. The first-order chi connectivity index (χ1) is 7.46. The van der Waals surface area contributed by atoms with Gasteiger partial charge in [-0.25, -0.2) is 13.5 Å². The van der Waals surface area contributed by atoms with Crippen molar-refractivity contribution in [2.75, 3.05) is 0 Å². The highest BCUT2D eigenvalue weighted by atomic mass is 19.4. The van der Waals surface area contributed by atoms with Gasteiger partial charge in [-0.15, -0.1) is 13.2 Å². The lowest BCUT2D eigenvalue weighted by Gasteiger charge is -2.39.